The van der Waals surface area contributed by atoms with Crippen molar-refractivity contribution in [1.29, 1.82) is 0 Å². The monoisotopic (exact) mass is 306 g/mol. The fraction of sp³-hybridized carbons (Fsp3) is 0.357. The fourth-order valence-electron chi connectivity index (χ4n) is 1.90. The Morgan fingerprint density at radius 2 is 2.10 bits per heavy atom. The summed E-state index contributed by atoms with van der Waals surface area (Å²) in [5.74, 6) is 1.32. The quantitative estimate of drug-likeness (QED) is 0.791. The van der Waals surface area contributed by atoms with Crippen LogP contribution in [0.25, 0.3) is 0 Å². The molecule has 1 heterocycles. The van der Waals surface area contributed by atoms with Gasteiger partial charge in [0, 0.05) is 6.54 Å². The van der Waals surface area contributed by atoms with Crippen LogP contribution in [0, 0.1) is 0 Å². The highest BCUT2D eigenvalue weighted by Crippen LogP contribution is 2.24. The lowest BCUT2D eigenvalue weighted by molar-refractivity contribution is -0.115. The number of hydrogen-bond acceptors (Lipinski definition) is 5. The maximum absolute atomic E-state index is 10.9. The van der Waals surface area contributed by atoms with Crippen LogP contribution in [-0.2, 0) is 11.3 Å². The third kappa shape index (κ3) is 3.98. The SMILES string of the molecule is CCn1c(SCC(N)=O)nnc1[C@H](C)Oc1ccccc1. The van der Waals surface area contributed by atoms with E-state index in [9.17, 15) is 4.79 Å². The summed E-state index contributed by atoms with van der Waals surface area (Å²) in [5, 5.41) is 8.96. The lowest BCUT2D eigenvalue weighted by atomic mass is 10.3. The predicted octanol–water partition coefficient (Wildman–Crippen LogP) is 2.02. The van der Waals surface area contributed by atoms with E-state index in [1.807, 2.05) is 48.7 Å². The average Bonchev–Trinajstić information content (AvgIpc) is 2.89. The summed E-state index contributed by atoms with van der Waals surface area (Å²) in [6.45, 7) is 4.62. The summed E-state index contributed by atoms with van der Waals surface area (Å²) in [5.41, 5.74) is 5.16. The van der Waals surface area contributed by atoms with Crippen LogP contribution in [-0.4, -0.2) is 26.4 Å². The summed E-state index contributed by atoms with van der Waals surface area (Å²) >= 11 is 1.28. The lowest BCUT2D eigenvalue weighted by Gasteiger charge is -2.15. The molecule has 1 aromatic heterocycles. The smallest absolute Gasteiger partial charge is 0.227 e. The number of aromatic nitrogens is 3. The topological polar surface area (TPSA) is 83.0 Å². The van der Waals surface area contributed by atoms with Crippen molar-refractivity contribution in [3.05, 3.63) is 36.2 Å². The standard InChI is InChI=1S/C14H18N4O2S/c1-3-18-13(16-17-14(18)21-9-12(15)19)10(2)20-11-7-5-4-6-8-11/h4-8,10H,3,9H2,1-2H3,(H2,15,19)/t10-/m0/s1. The zero-order valence-electron chi connectivity index (χ0n) is 12.0. The maximum Gasteiger partial charge on any atom is 0.227 e. The molecule has 1 amide bonds. The molecule has 0 aliphatic carbocycles. The first-order valence-corrected chi connectivity index (χ1v) is 7.66. The summed E-state index contributed by atoms with van der Waals surface area (Å²) in [6.07, 6.45) is -0.234. The van der Waals surface area contributed by atoms with Crippen LogP contribution in [0.3, 0.4) is 0 Å². The normalized spacial score (nSPS) is 12.1. The van der Waals surface area contributed by atoms with Gasteiger partial charge < -0.3 is 15.0 Å². The Hall–Kier alpha value is -2.02. The summed E-state index contributed by atoms with van der Waals surface area (Å²) in [7, 11) is 0. The molecule has 21 heavy (non-hydrogen) atoms. The maximum atomic E-state index is 10.9. The van der Waals surface area contributed by atoms with Gasteiger partial charge in [0.15, 0.2) is 17.1 Å². The van der Waals surface area contributed by atoms with Gasteiger partial charge in [0.25, 0.3) is 0 Å². The zero-order valence-corrected chi connectivity index (χ0v) is 12.8. The third-order valence-electron chi connectivity index (χ3n) is 2.82. The molecular formula is C14H18N4O2S. The predicted molar refractivity (Wildman–Crippen MR) is 81.1 cm³/mol. The van der Waals surface area contributed by atoms with Gasteiger partial charge in [-0.2, -0.15) is 0 Å². The summed E-state index contributed by atoms with van der Waals surface area (Å²) in [4.78, 5) is 10.9. The van der Waals surface area contributed by atoms with Gasteiger partial charge >= 0.3 is 0 Å². The van der Waals surface area contributed by atoms with Crippen LogP contribution in [0.2, 0.25) is 0 Å². The number of ether oxygens (including phenoxy) is 1. The number of para-hydroxylation sites is 1. The van der Waals surface area contributed by atoms with Gasteiger partial charge in [0.05, 0.1) is 5.75 Å². The molecule has 0 aliphatic rings. The molecule has 0 radical (unpaired) electrons. The minimum absolute atomic E-state index is 0.187. The van der Waals surface area contributed by atoms with Crippen molar-refractivity contribution in [2.75, 3.05) is 5.75 Å². The first-order chi connectivity index (χ1) is 10.1. The molecule has 0 aliphatic heterocycles. The van der Waals surface area contributed by atoms with Crippen molar-refractivity contribution in [1.82, 2.24) is 14.8 Å². The van der Waals surface area contributed by atoms with Gasteiger partial charge in [-0.3, -0.25) is 4.79 Å². The molecule has 2 aromatic rings. The van der Waals surface area contributed by atoms with Crippen molar-refractivity contribution in [2.24, 2.45) is 5.73 Å². The average molecular weight is 306 g/mol. The van der Waals surface area contributed by atoms with Crippen LogP contribution < -0.4 is 10.5 Å². The van der Waals surface area contributed by atoms with Gasteiger partial charge in [0.2, 0.25) is 5.91 Å². The molecule has 2 rings (SSSR count). The van der Waals surface area contributed by atoms with Gasteiger partial charge in [-0.25, -0.2) is 0 Å². The Kier molecular flexibility index (Phi) is 5.21. The molecule has 1 aromatic carbocycles. The number of benzene rings is 1. The summed E-state index contributed by atoms with van der Waals surface area (Å²) in [6, 6.07) is 9.56. The van der Waals surface area contributed by atoms with Gasteiger partial charge in [0.1, 0.15) is 5.75 Å². The van der Waals surface area contributed by atoms with Crippen molar-refractivity contribution >= 4 is 17.7 Å². The first-order valence-electron chi connectivity index (χ1n) is 6.67. The van der Waals surface area contributed by atoms with E-state index in [0.29, 0.717) is 11.7 Å². The fourth-order valence-corrected chi connectivity index (χ4v) is 2.64. The number of primary amides is 1. The van der Waals surface area contributed by atoms with Crippen molar-refractivity contribution in [2.45, 2.75) is 31.7 Å². The number of amides is 1. The van der Waals surface area contributed by atoms with E-state index in [0.717, 1.165) is 11.6 Å². The number of carbonyl (C=O) groups is 1. The number of carbonyl (C=O) groups excluding carboxylic acids is 1. The molecule has 0 unspecified atom stereocenters. The highest BCUT2D eigenvalue weighted by Gasteiger charge is 2.18. The van der Waals surface area contributed by atoms with Crippen LogP contribution in [0.1, 0.15) is 25.8 Å². The Bertz CT molecular complexity index is 600. The van der Waals surface area contributed by atoms with E-state index in [1.54, 1.807) is 0 Å². The van der Waals surface area contributed by atoms with Crippen LogP contribution in [0.4, 0.5) is 0 Å². The number of nitrogens with zero attached hydrogens (tertiary/aromatic N) is 3. The molecule has 0 fully saturated rings. The molecule has 0 bridgehead atoms. The Morgan fingerprint density at radius 3 is 2.71 bits per heavy atom. The van der Waals surface area contributed by atoms with Gasteiger partial charge in [-0.15, -0.1) is 10.2 Å². The van der Waals surface area contributed by atoms with E-state index in [-0.39, 0.29) is 17.8 Å². The van der Waals surface area contributed by atoms with Crippen molar-refractivity contribution in [3.8, 4) is 5.75 Å². The van der Waals surface area contributed by atoms with E-state index < -0.39 is 0 Å². The second-order valence-electron chi connectivity index (χ2n) is 4.41. The summed E-state index contributed by atoms with van der Waals surface area (Å²) < 4.78 is 7.79. The number of nitrogens with two attached hydrogens (primary N) is 1. The Labute approximate surface area is 127 Å². The van der Waals surface area contributed by atoms with Crippen molar-refractivity contribution < 1.29 is 9.53 Å². The number of thioether (sulfide) groups is 1. The molecule has 1 atom stereocenters. The van der Waals surface area contributed by atoms with Crippen LogP contribution >= 0.6 is 11.8 Å². The molecule has 2 N–H and O–H groups in total. The second kappa shape index (κ2) is 7.12. The molecular weight excluding hydrogens is 288 g/mol. The zero-order chi connectivity index (χ0) is 15.2. The largest absolute Gasteiger partial charge is 0.483 e. The van der Waals surface area contributed by atoms with E-state index in [2.05, 4.69) is 10.2 Å². The van der Waals surface area contributed by atoms with E-state index >= 15 is 0 Å². The van der Waals surface area contributed by atoms with Crippen LogP contribution in [0.5, 0.6) is 5.75 Å². The minimum Gasteiger partial charge on any atom is -0.483 e. The van der Waals surface area contributed by atoms with Gasteiger partial charge in [-0.1, -0.05) is 30.0 Å². The minimum atomic E-state index is -0.374. The van der Waals surface area contributed by atoms with E-state index in [4.69, 9.17) is 10.5 Å². The Morgan fingerprint density at radius 1 is 1.38 bits per heavy atom. The van der Waals surface area contributed by atoms with Gasteiger partial charge in [-0.05, 0) is 26.0 Å². The number of rotatable bonds is 7. The lowest BCUT2D eigenvalue weighted by Crippen LogP contribution is -2.15. The molecule has 0 spiro atoms. The van der Waals surface area contributed by atoms with Crippen molar-refractivity contribution in [3.63, 3.8) is 0 Å². The molecule has 6 nitrogen and oxygen atoms in total. The van der Waals surface area contributed by atoms with E-state index in [1.165, 1.54) is 11.8 Å². The highest BCUT2D eigenvalue weighted by molar-refractivity contribution is 7.99. The Balaban J connectivity index is 2.13. The molecule has 112 valence electrons. The second-order valence-corrected chi connectivity index (χ2v) is 5.36. The number of hydrogen-bond donors (Lipinski definition) is 1. The highest BCUT2D eigenvalue weighted by atomic mass is 32.2. The van der Waals surface area contributed by atoms with Crippen LogP contribution in [0.15, 0.2) is 35.5 Å². The first kappa shape index (κ1) is 15.4. The third-order valence-corrected chi connectivity index (χ3v) is 3.81. The molecule has 0 saturated heterocycles. The molecule has 0 saturated carbocycles. The molecule has 7 heteroatoms.